The van der Waals surface area contributed by atoms with Crippen molar-refractivity contribution in [3.63, 3.8) is 0 Å². The number of nitriles is 1. The van der Waals surface area contributed by atoms with Crippen LogP contribution in [-0.2, 0) is 140 Å². The molecule has 3 fully saturated rings. The zero-order chi connectivity index (χ0) is 83.4. The largest absolute Gasteiger partial charge is 0.530 e. The SMILES string of the molecule is N#CCCOP1(=O)OC[C@H]2O[C@@H](Oc3ccccc3)[C@H](OCCOCCOCCOCCN=[N+]=[N-])[C@@H](OCCOCCOCCOCCN=[N+]=[N-])[C@@H]2OP(=O)(Oc2ccccc2Cl)OC[C@H]2O[C@@H](Oc3ccccc3)[C@H](OCCOCCOCCOCCOCc3ccccc3)[C@@H](OCCOCCOCCOCCOCc3ccccc3)[C@@H]2O1. The molecule has 119 heavy (non-hydrogen) atoms. The lowest BCUT2D eigenvalue weighted by molar-refractivity contribution is -0.301. The van der Waals surface area contributed by atoms with Gasteiger partial charge in [-0.25, -0.2) is 9.13 Å². The molecule has 40 heteroatoms. The third-order valence-corrected chi connectivity index (χ3v) is 20.0. The van der Waals surface area contributed by atoms with E-state index in [-0.39, 0.29) is 182 Å². The zero-order valence-electron chi connectivity index (χ0n) is 66.7. The van der Waals surface area contributed by atoms with E-state index in [0.717, 1.165) is 11.1 Å². The Kier molecular flexibility index (Phi) is 50.6. The Bertz CT molecular complexity index is 3680. The van der Waals surface area contributed by atoms with Crippen molar-refractivity contribution in [2.24, 2.45) is 10.2 Å². The third-order valence-electron chi connectivity index (χ3n) is 16.9. The second-order valence-electron chi connectivity index (χ2n) is 25.5. The number of nitrogens with zero attached hydrogens (tertiary/aromatic N) is 7. The first-order chi connectivity index (χ1) is 58.7. The summed E-state index contributed by atoms with van der Waals surface area (Å²) in [6, 6.07) is 45.1. The molecule has 3 saturated heterocycles. The average Bonchev–Trinajstić information content (AvgIpc) is 0.758. The lowest BCUT2D eigenvalue weighted by Crippen LogP contribution is -2.63. The van der Waals surface area contributed by atoms with Gasteiger partial charge in [-0.05, 0) is 58.6 Å². The van der Waals surface area contributed by atoms with Crippen LogP contribution in [0.4, 0.5) is 0 Å². The molecule has 3 aliphatic rings. The van der Waals surface area contributed by atoms with Crippen molar-refractivity contribution in [2.45, 2.75) is 81.0 Å². The average molecular weight is 1740 g/mol. The summed E-state index contributed by atoms with van der Waals surface area (Å²) >= 11 is 6.83. The fourth-order valence-electron chi connectivity index (χ4n) is 11.3. The number of hydrogen-bond donors (Lipinski definition) is 0. The van der Waals surface area contributed by atoms with Crippen molar-refractivity contribution in [3.05, 3.63) is 183 Å². The van der Waals surface area contributed by atoms with E-state index in [1.54, 1.807) is 72.8 Å². The van der Waals surface area contributed by atoms with Gasteiger partial charge in [-0.2, -0.15) is 5.26 Å². The summed E-state index contributed by atoms with van der Waals surface area (Å²) in [4.78, 5) is 5.44. The maximum Gasteiger partial charge on any atom is 0.530 e. The molecule has 0 bridgehead atoms. The van der Waals surface area contributed by atoms with Gasteiger partial charge in [0.1, 0.15) is 66.1 Å². The molecule has 0 amide bonds. The number of rotatable bonds is 65. The van der Waals surface area contributed by atoms with Crippen LogP contribution in [-0.4, -0.2) is 293 Å². The van der Waals surface area contributed by atoms with Gasteiger partial charge < -0.3 is 109 Å². The molecule has 3 heterocycles. The van der Waals surface area contributed by atoms with Gasteiger partial charge in [0.05, 0.1) is 249 Å². The summed E-state index contributed by atoms with van der Waals surface area (Å²) in [6.45, 7) is 4.05. The lowest BCUT2D eigenvalue weighted by Gasteiger charge is -2.47. The summed E-state index contributed by atoms with van der Waals surface area (Å²) in [5, 5.41) is 16.9. The molecule has 12 atom stereocenters. The van der Waals surface area contributed by atoms with Crippen LogP contribution >= 0.6 is 27.2 Å². The van der Waals surface area contributed by atoms with Crippen LogP contribution < -0.4 is 14.0 Å². The number of fused-ring (bicyclic) bond motifs is 2. The first kappa shape index (κ1) is 97.8. The van der Waals surface area contributed by atoms with E-state index >= 15 is 9.13 Å². The minimum absolute atomic E-state index is 0.00115. The topological polar surface area (TPSA) is 414 Å². The maximum atomic E-state index is 16.4. The highest BCUT2D eigenvalue weighted by Gasteiger charge is 2.57. The number of phosphoric acid groups is 2. The highest BCUT2D eigenvalue weighted by Crippen LogP contribution is 2.58. The fourth-order valence-corrected chi connectivity index (χ4v) is 14.4. The van der Waals surface area contributed by atoms with Crippen LogP contribution in [0.5, 0.6) is 17.2 Å². The Morgan fingerprint density at radius 3 is 1.06 bits per heavy atom. The van der Waals surface area contributed by atoms with Gasteiger partial charge in [0, 0.05) is 22.9 Å². The van der Waals surface area contributed by atoms with Gasteiger partial charge in [-0.3, -0.25) is 22.6 Å². The number of hydrogen-bond acceptors (Lipinski definition) is 33. The monoisotopic (exact) mass is 1730 g/mol. The highest BCUT2D eigenvalue weighted by molar-refractivity contribution is 7.49. The lowest BCUT2D eigenvalue weighted by atomic mass is 9.98. The molecule has 2 unspecified atom stereocenters. The Hall–Kier alpha value is -6.64. The second kappa shape index (κ2) is 61.6. The van der Waals surface area contributed by atoms with E-state index in [9.17, 15) is 5.26 Å². The Morgan fingerprint density at radius 1 is 0.387 bits per heavy atom. The minimum Gasteiger partial charge on any atom is -0.462 e. The minimum atomic E-state index is -5.25. The number of phosphoric ester groups is 2. The highest BCUT2D eigenvalue weighted by atomic mass is 35.5. The second-order valence-corrected chi connectivity index (χ2v) is 29.1. The molecular formula is C79H110ClN7O30P2. The predicted molar refractivity (Wildman–Crippen MR) is 426 cm³/mol. The maximum absolute atomic E-state index is 16.4. The Morgan fingerprint density at radius 2 is 0.697 bits per heavy atom. The van der Waals surface area contributed by atoms with Gasteiger partial charge in [-0.1, -0.05) is 131 Å². The van der Waals surface area contributed by atoms with Crippen molar-refractivity contribution in [3.8, 4) is 23.3 Å². The fraction of sp³-hybridized carbons (Fsp3) is 0.608. The van der Waals surface area contributed by atoms with Gasteiger partial charge in [0.2, 0.25) is 12.6 Å². The summed E-state index contributed by atoms with van der Waals surface area (Å²) in [5.41, 5.74) is 19.3. The summed E-state index contributed by atoms with van der Waals surface area (Å²) in [7, 11) is -10.4. The van der Waals surface area contributed by atoms with E-state index in [4.69, 9.17) is 154 Å². The van der Waals surface area contributed by atoms with Crippen LogP contribution in [0.1, 0.15) is 17.5 Å². The molecule has 0 N–H and O–H groups in total. The van der Waals surface area contributed by atoms with Gasteiger partial charge >= 0.3 is 15.6 Å². The van der Waals surface area contributed by atoms with Gasteiger partial charge in [0.25, 0.3) is 0 Å². The van der Waals surface area contributed by atoms with E-state index in [1.807, 2.05) is 66.7 Å². The van der Waals surface area contributed by atoms with Gasteiger partial charge in [0.15, 0.2) is 0 Å². The molecule has 37 nitrogen and oxygen atoms in total. The smallest absolute Gasteiger partial charge is 0.462 e. The Labute approximate surface area is 698 Å². The van der Waals surface area contributed by atoms with Crippen LogP contribution in [0, 0.1) is 11.3 Å². The molecular weight excluding hydrogens is 1620 g/mol. The molecule has 3 aliphatic heterocycles. The Balaban J connectivity index is 1.05. The van der Waals surface area contributed by atoms with E-state index in [0.29, 0.717) is 71.0 Å². The normalized spacial score (nSPS) is 22.5. The molecule has 0 spiro atoms. The van der Waals surface area contributed by atoms with Crippen LogP contribution in [0.25, 0.3) is 20.9 Å². The zero-order valence-corrected chi connectivity index (χ0v) is 69.2. The van der Waals surface area contributed by atoms with Crippen molar-refractivity contribution in [1.29, 1.82) is 5.26 Å². The third kappa shape index (κ3) is 40.5. The van der Waals surface area contributed by atoms with Crippen molar-refractivity contribution < 1.29 is 140 Å². The number of benzene rings is 5. The van der Waals surface area contributed by atoms with Crippen molar-refractivity contribution in [2.75, 3.05) is 231 Å². The quantitative estimate of drug-likeness (QED) is 0.0115. The van der Waals surface area contributed by atoms with Crippen LogP contribution in [0.15, 0.2) is 156 Å². The molecule has 0 radical (unpaired) electrons. The molecule has 0 saturated carbocycles. The molecule has 5 aromatic carbocycles. The molecule has 0 aromatic heterocycles. The first-order valence-corrected chi connectivity index (χ1v) is 42.7. The number of para-hydroxylation sites is 3. The molecule has 8 rings (SSSR count). The van der Waals surface area contributed by atoms with Crippen LogP contribution in [0.2, 0.25) is 5.02 Å². The van der Waals surface area contributed by atoms with Gasteiger partial charge in [-0.15, -0.1) is 0 Å². The first-order valence-electron chi connectivity index (χ1n) is 39.4. The van der Waals surface area contributed by atoms with Crippen molar-refractivity contribution >= 4 is 27.2 Å². The standard InChI is InChI=1S/C79H110ClN7O30P2/c80-68-24-13-14-25-69(68)115-119(89)110-63-71-72(74(104-56-52-99-45-42-94-36-38-96-48-50-102-60-64-16-5-1-6-17-64)76(78(114-71)111-66-20-9-3-10-21-66)106-58-54-101-47-43-95-37-39-97-49-51-103-61-65-18-7-2-8-19-65)116-118(88,108-29-15-26-81)109-62-70-73(117-119)75(105-57-53-98-44-40-92-34-32-90-30-27-84-86-82)77(79(113-70)112-67-22-11-4-12-23-67)107-59-55-100-46-41-93-35-33-91-31-28-85-87-83/h1-14,16-25,70-79H,15,27-63H2/t70-,71-,72-,73-,74+,75+,76-,77-,78-,79-,118?,119?/m1/s1. The summed E-state index contributed by atoms with van der Waals surface area (Å²) < 4.78 is 206. The van der Waals surface area contributed by atoms with E-state index in [1.165, 1.54) is 12.1 Å². The van der Waals surface area contributed by atoms with Crippen LogP contribution in [0.3, 0.4) is 0 Å². The van der Waals surface area contributed by atoms with Crippen molar-refractivity contribution in [1.82, 2.24) is 0 Å². The summed E-state index contributed by atoms with van der Waals surface area (Å²) in [5.74, 6) is 0.463. The summed E-state index contributed by atoms with van der Waals surface area (Å²) in [6.07, 6.45) is -15.2. The number of ether oxygens (including phenoxy) is 22. The number of halogens is 1. The molecule has 5 aromatic rings. The number of azide groups is 2. The van der Waals surface area contributed by atoms with E-state index < -0.39 is 96.9 Å². The predicted octanol–water partition coefficient (Wildman–Crippen LogP) is 11.1. The molecule has 0 aliphatic carbocycles. The molecule has 658 valence electrons. The van der Waals surface area contributed by atoms with E-state index in [2.05, 4.69) is 20.1 Å².